The molecular formula is C42H80O5. The highest BCUT2D eigenvalue weighted by Crippen LogP contribution is 2.15. The van der Waals surface area contributed by atoms with Crippen LogP contribution in [-0.4, -0.2) is 36.4 Å². The molecule has 0 aliphatic rings. The largest absolute Gasteiger partial charge is 0.462 e. The zero-order chi connectivity index (χ0) is 34.3. The number of aliphatic hydroxyl groups is 1. The van der Waals surface area contributed by atoms with Crippen LogP contribution in [0, 0.1) is 0 Å². The van der Waals surface area contributed by atoms with Crippen LogP contribution in [0.4, 0.5) is 0 Å². The number of unbranched alkanes of at least 4 members (excludes halogenated alkanes) is 28. The first-order valence-corrected chi connectivity index (χ1v) is 20.7. The maximum absolute atomic E-state index is 12.2. The van der Waals surface area contributed by atoms with Gasteiger partial charge in [-0.25, -0.2) is 0 Å². The summed E-state index contributed by atoms with van der Waals surface area (Å²) in [6.07, 6.45) is 44.2. The van der Waals surface area contributed by atoms with Gasteiger partial charge in [0.25, 0.3) is 0 Å². The molecule has 0 fully saturated rings. The summed E-state index contributed by atoms with van der Waals surface area (Å²) >= 11 is 0. The van der Waals surface area contributed by atoms with Crippen molar-refractivity contribution in [3.8, 4) is 0 Å². The molecule has 278 valence electrons. The summed E-state index contributed by atoms with van der Waals surface area (Å²) in [5.41, 5.74) is 0. The van der Waals surface area contributed by atoms with Gasteiger partial charge in [0.2, 0.25) is 0 Å². The van der Waals surface area contributed by atoms with Crippen LogP contribution < -0.4 is 0 Å². The van der Waals surface area contributed by atoms with Crippen molar-refractivity contribution in [2.24, 2.45) is 0 Å². The maximum Gasteiger partial charge on any atom is 0.306 e. The maximum atomic E-state index is 12.2. The number of aliphatic hydroxyl groups excluding tert-OH is 1. The minimum Gasteiger partial charge on any atom is -0.462 e. The van der Waals surface area contributed by atoms with E-state index in [2.05, 4.69) is 26.0 Å². The number of hydrogen-bond acceptors (Lipinski definition) is 5. The molecule has 0 aromatic carbocycles. The van der Waals surface area contributed by atoms with Crippen molar-refractivity contribution in [1.82, 2.24) is 0 Å². The Morgan fingerprint density at radius 2 is 0.787 bits per heavy atom. The zero-order valence-electron chi connectivity index (χ0n) is 31.6. The molecule has 0 amide bonds. The molecular weight excluding hydrogens is 584 g/mol. The van der Waals surface area contributed by atoms with Crippen molar-refractivity contribution in [2.45, 2.75) is 232 Å². The third-order valence-electron chi connectivity index (χ3n) is 9.31. The first-order chi connectivity index (χ1) is 23.1. The Morgan fingerprint density at radius 1 is 0.468 bits per heavy atom. The summed E-state index contributed by atoms with van der Waals surface area (Å²) < 4.78 is 10.6. The van der Waals surface area contributed by atoms with Crippen molar-refractivity contribution in [3.63, 3.8) is 0 Å². The second-order valence-corrected chi connectivity index (χ2v) is 14.1. The van der Waals surface area contributed by atoms with Gasteiger partial charge in [-0.2, -0.15) is 0 Å². The average molecular weight is 665 g/mol. The molecule has 0 radical (unpaired) electrons. The van der Waals surface area contributed by atoms with Crippen molar-refractivity contribution < 1.29 is 24.2 Å². The van der Waals surface area contributed by atoms with E-state index < -0.39 is 6.10 Å². The van der Waals surface area contributed by atoms with E-state index in [0.29, 0.717) is 12.8 Å². The van der Waals surface area contributed by atoms with Gasteiger partial charge in [0.1, 0.15) is 6.61 Å². The summed E-state index contributed by atoms with van der Waals surface area (Å²) in [6.45, 7) is 4.15. The molecule has 0 unspecified atom stereocenters. The molecule has 0 saturated heterocycles. The molecule has 0 saturated carbocycles. The molecule has 47 heavy (non-hydrogen) atoms. The predicted molar refractivity (Wildman–Crippen MR) is 201 cm³/mol. The second-order valence-electron chi connectivity index (χ2n) is 14.1. The Hall–Kier alpha value is -1.36. The lowest BCUT2D eigenvalue weighted by atomic mass is 10.0. The minimum atomic E-state index is -0.765. The number of allylic oxidation sites excluding steroid dienone is 2. The minimum absolute atomic E-state index is 0.0604. The van der Waals surface area contributed by atoms with Crippen LogP contribution >= 0.6 is 0 Å². The molecule has 5 heteroatoms. The third kappa shape index (κ3) is 37.3. The van der Waals surface area contributed by atoms with E-state index >= 15 is 0 Å². The van der Waals surface area contributed by atoms with Crippen molar-refractivity contribution in [1.29, 1.82) is 0 Å². The summed E-state index contributed by atoms with van der Waals surface area (Å²) in [6, 6.07) is 0. The molecule has 0 heterocycles. The molecule has 0 bridgehead atoms. The molecule has 0 aliphatic heterocycles. The summed E-state index contributed by atoms with van der Waals surface area (Å²) in [4.78, 5) is 24.3. The van der Waals surface area contributed by atoms with Crippen molar-refractivity contribution >= 4 is 11.9 Å². The summed E-state index contributed by atoms with van der Waals surface area (Å²) in [5, 5.41) is 9.56. The SMILES string of the molecule is CCCCCCCC/C=C/CCCCCCCCCCCC(=O)O[C@@H](CO)COC(=O)CCCCCCCCCCCCCCCC. The fourth-order valence-electron chi connectivity index (χ4n) is 6.14. The monoisotopic (exact) mass is 665 g/mol. The summed E-state index contributed by atoms with van der Waals surface area (Å²) in [7, 11) is 0. The normalized spacial score (nSPS) is 12.1. The van der Waals surface area contributed by atoms with E-state index in [9.17, 15) is 14.7 Å². The molecule has 0 spiro atoms. The molecule has 0 rings (SSSR count). The van der Waals surface area contributed by atoms with E-state index in [-0.39, 0.29) is 25.2 Å². The number of carbonyl (C=O) groups is 2. The van der Waals surface area contributed by atoms with Crippen LogP contribution in [0.1, 0.15) is 226 Å². The highest BCUT2D eigenvalue weighted by molar-refractivity contribution is 5.70. The van der Waals surface area contributed by atoms with Gasteiger partial charge in [0.05, 0.1) is 6.61 Å². The number of hydrogen-bond donors (Lipinski definition) is 1. The molecule has 0 aromatic rings. The van der Waals surface area contributed by atoms with Gasteiger partial charge in [0.15, 0.2) is 6.10 Å². The van der Waals surface area contributed by atoms with Gasteiger partial charge in [0, 0.05) is 12.8 Å². The molecule has 0 aliphatic carbocycles. The predicted octanol–water partition coefficient (Wildman–Crippen LogP) is 12.9. The highest BCUT2D eigenvalue weighted by Gasteiger charge is 2.16. The Morgan fingerprint density at radius 3 is 1.15 bits per heavy atom. The summed E-state index contributed by atoms with van der Waals surface area (Å²) in [5.74, 6) is -0.581. The first kappa shape index (κ1) is 45.6. The fourth-order valence-corrected chi connectivity index (χ4v) is 6.14. The second kappa shape index (κ2) is 39.1. The third-order valence-corrected chi connectivity index (χ3v) is 9.31. The van der Waals surface area contributed by atoms with Crippen LogP contribution in [0.3, 0.4) is 0 Å². The van der Waals surface area contributed by atoms with Crippen LogP contribution in [0.5, 0.6) is 0 Å². The van der Waals surface area contributed by atoms with E-state index in [4.69, 9.17) is 9.47 Å². The van der Waals surface area contributed by atoms with Crippen LogP contribution in [0.2, 0.25) is 0 Å². The number of ether oxygens (including phenoxy) is 2. The zero-order valence-corrected chi connectivity index (χ0v) is 31.6. The fraction of sp³-hybridized carbons (Fsp3) is 0.905. The molecule has 5 nitrogen and oxygen atoms in total. The van der Waals surface area contributed by atoms with Crippen LogP contribution in [-0.2, 0) is 19.1 Å². The lowest BCUT2D eigenvalue weighted by Crippen LogP contribution is -2.28. The lowest BCUT2D eigenvalue weighted by molar-refractivity contribution is -0.161. The van der Waals surface area contributed by atoms with E-state index in [1.165, 1.54) is 167 Å². The smallest absolute Gasteiger partial charge is 0.306 e. The van der Waals surface area contributed by atoms with Gasteiger partial charge < -0.3 is 14.6 Å². The lowest BCUT2D eigenvalue weighted by Gasteiger charge is -2.15. The average Bonchev–Trinajstić information content (AvgIpc) is 3.07. The van der Waals surface area contributed by atoms with E-state index in [1.807, 2.05) is 0 Å². The van der Waals surface area contributed by atoms with Gasteiger partial charge in [-0.15, -0.1) is 0 Å². The Bertz CT molecular complexity index is 676. The van der Waals surface area contributed by atoms with Crippen molar-refractivity contribution in [2.75, 3.05) is 13.2 Å². The quantitative estimate of drug-likeness (QED) is 0.0404. The molecule has 1 N–H and O–H groups in total. The number of esters is 2. The van der Waals surface area contributed by atoms with Gasteiger partial charge in [-0.05, 0) is 38.5 Å². The van der Waals surface area contributed by atoms with Gasteiger partial charge in [-0.1, -0.05) is 187 Å². The number of carbonyl (C=O) groups excluding carboxylic acids is 2. The van der Waals surface area contributed by atoms with E-state index in [0.717, 1.165) is 32.1 Å². The number of rotatable bonds is 38. The molecule has 0 aromatic heterocycles. The highest BCUT2D eigenvalue weighted by atomic mass is 16.6. The van der Waals surface area contributed by atoms with Crippen molar-refractivity contribution in [3.05, 3.63) is 12.2 Å². The van der Waals surface area contributed by atoms with Crippen LogP contribution in [0.15, 0.2) is 12.2 Å². The van der Waals surface area contributed by atoms with Gasteiger partial charge in [-0.3, -0.25) is 9.59 Å². The Balaban J connectivity index is 3.50. The standard InChI is InChI=1S/C42H80O5/c1-3-5-7-9-11-13-15-17-19-20-21-22-23-25-27-29-31-33-35-37-42(45)47-40(38-43)39-46-41(44)36-34-32-30-28-26-24-18-16-14-12-10-8-6-4-2/h17,19,40,43H,3-16,18,20-39H2,1-2H3/b19-17+/t40-/m0/s1. The topological polar surface area (TPSA) is 72.8 Å². The van der Waals surface area contributed by atoms with Crippen LogP contribution in [0.25, 0.3) is 0 Å². The Labute approximate surface area is 292 Å². The molecule has 1 atom stereocenters. The first-order valence-electron chi connectivity index (χ1n) is 20.7. The Kier molecular flexibility index (Phi) is 38.0. The van der Waals surface area contributed by atoms with Gasteiger partial charge >= 0.3 is 11.9 Å². The van der Waals surface area contributed by atoms with E-state index in [1.54, 1.807) is 0 Å².